The van der Waals surface area contributed by atoms with E-state index in [0.29, 0.717) is 6.04 Å². The fraction of sp³-hybridized carbons (Fsp3) is 0.438. The van der Waals surface area contributed by atoms with Crippen LogP contribution in [0.4, 0.5) is 0 Å². The van der Waals surface area contributed by atoms with Crippen LogP contribution < -0.4 is 11.3 Å². The van der Waals surface area contributed by atoms with Gasteiger partial charge >= 0.3 is 0 Å². The SMILES string of the molecule is NNC(Cc1ccn(C2CCCC2)n1)c1ccc(I)cc1. The third kappa shape index (κ3) is 3.64. The monoisotopic (exact) mass is 396 g/mol. The molecule has 1 saturated carbocycles. The minimum Gasteiger partial charge on any atom is -0.271 e. The zero-order valence-electron chi connectivity index (χ0n) is 12.0. The maximum absolute atomic E-state index is 5.73. The summed E-state index contributed by atoms with van der Waals surface area (Å²) in [7, 11) is 0. The second-order valence-corrected chi connectivity index (χ2v) is 6.95. The van der Waals surface area contributed by atoms with E-state index >= 15 is 0 Å². The summed E-state index contributed by atoms with van der Waals surface area (Å²) < 4.78 is 3.38. The van der Waals surface area contributed by atoms with Gasteiger partial charge in [0.15, 0.2) is 0 Å². The molecule has 1 aromatic heterocycles. The first-order valence-electron chi connectivity index (χ1n) is 7.52. The number of aromatic nitrogens is 2. The molecule has 21 heavy (non-hydrogen) atoms. The molecule has 1 aliphatic rings. The first-order valence-corrected chi connectivity index (χ1v) is 8.60. The lowest BCUT2D eigenvalue weighted by Crippen LogP contribution is -2.29. The number of hydrogen-bond donors (Lipinski definition) is 2. The Bertz CT molecular complexity index is 572. The fourth-order valence-corrected chi connectivity index (χ4v) is 3.40. The second kappa shape index (κ2) is 6.89. The van der Waals surface area contributed by atoms with Crippen molar-refractivity contribution >= 4 is 22.6 Å². The number of nitrogens with two attached hydrogens (primary N) is 1. The molecule has 1 unspecified atom stereocenters. The van der Waals surface area contributed by atoms with E-state index in [1.165, 1.54) is 34.8 Å². The maximum Gasteiger partial charge on any atom is 0.0644 e. The summed E-state index contributed by atoms with van der Waals surface area (Å²) in [4.78, 5) is 0. The molecule has 0 radical (unpaired) electrons. The van der Waals surface area contributed by atoms with Crippen molar-refractivity contribution in [3.63, 3.8) is 0 Å². The Kier molecular flexibility index (Phi) is 4.92. The first kappa shape index (κ1) is 15.0. The van der Waals surface area contributed by atoms with E-state index in [9.17, 15) is 0 Å². The number of benzene rings is 1. The van der Waals surface area contributed by atoms with Crippen LogP contribution in [0.3, 0.4) is 0 Å². The van der Waals surface area contributed by atoms with Crippen molar-refractivity contribution in [2.45, 2.75) is 44.2 Å². The van der Waals surface area contributed by atoms with Crippen LogP contribution in [-0.4, -0.2) is 9.78 Å². The zero-order valence-corrected chi connectivity index (χ0v) is 14.2. The van der Waals surface area contributed by atoms with Crippen molar-refractivity contribution in [3.05, 3.63) is 51.4 Å². The molecule has 1 heterocycles. The van der Waals surface area contributed by atoms with E-state index in [0.717, 1.165) is 12.1 Å². The molecule has 4 nitrogen and oxygen atoms in total. The minimum atomic E-state index is 0.105. The Balaban J connectivity index is 1.70. The van der Waals surface area contributed by atoms with Crippen LogP contribution in [0, 0.1) is 3.57 Å². The normalized spacial score (nSPS) is 17.2. The summed E-state index contributed by atoms with van der Waals surface area (Å²) >= 11 is 2.31. The van der Waals surface area contributed by atoms with Crippen molar-refractivity contribution in [1.82, 2.24) is 15.2 Å². The van der Waals surface area contributed by atoms with E-state index in [-0.39, 0.29) is 6.04 Å². The molecule has 0 bridgehead atoms. The van der Waals surface area contributed by atoms with Gasteiger partial charge in [0, 0.05) is 16.2 Å². The smallest absolute Gasteiger partial charge is 0.0644 e. The van der Waals surface area contributed by atoms with Crippen molar-refractivity contribution in [2.75, 3.05) is 0 Å². The molecule has 0 amide bonds. The Morgan fingerprint density at radius 3 is 2.62 bits per heavy atom. The van der Waals surface area contributed by atoms with Gasteiger partial charge in [0.1, 0.15) is 0 Å². The van der Waals surface area contributed by atoms with Crippen LogP contribution >= 0.6 is 22.6 Å². The zero-order chi connectivity index (χ0) is 14.7. The number of hydrazine groups is 1. The molecule has 0 spiro atoms. The van der Waals surface area contributed by atoms with Gasteiger partial charge in [0.05, 0.1) is 17.8 Å². The molecule has 0 saturated heterocycles. The lowest BCUT2D eigenvalue weighted by molar-refractivity contribution is 0.457. The molecular formula is C16H21IN4. The van der Waals surface area contributed by atoms with E-state index < -0.39 is 0 Å². The predicted octanol–water partition coefficient (Wildman–Crippen LogP) is 3.35. The molecule has 2 aromatic rings. The molecule has 3 N–H and O–H groups in total. The van der Waals surface area contributed by atoms with Crippen LogP contribution in [-0.2, 0) is 6.42 Å². The van der Waals surface area contributed by atoms with Gasteiger partial charge in [-0.2, -0.15) is 5.10 Å². The Morgan fingerprint density at radius 1 is 1.24 bits per heavy atom. The molecule has 3 rings (SSSR count). The topological polar surface area (TPSA) is 55.9 Å². The molecule has 5 heteroatoms. The molecule has 112 valence electrons. The Labute approximate surface area is 139 Å². The van der Waals surface area contributed by atoms with Gasteiger partial charge in [0.25, 0.3) is 0 Å². The Morgan fingerprint density at radius 2 is 1.95 bits per heavy atom. The van der Waals surface area contributed by atoms with Gasteiger partial charge in [-0.05, 0) is 59.2 Å². The van der Waals surface area contributed by atoms with Gasteiger partial charge in [-0.25, -0.2) is 0 Å². The highest BCUT2D eigenvalue weighted by atomic mass is 127. The lowest BCUT2D eigenvalue weighted by Gasteiger charge is -2.15. The van der Waals surface area contributed by atoms with Crippen molar-refractivity contribution < 1.29 is 0 Å². The van der Waals surface area contributed by atoms with E-state index in [1.807, 2.05) is 0 Å². The summed E-state index contributed by atoms with van der Waals surface area (Å²) in [6.45, 7) is 0. The van der Waals surface area contributed by atoms with Gasteiger partial charge in [0.2, 0.25) is 0 Å². The molecular weight excluding hydrogens is 375 g/mol. The Hall–Kier alpha value is -0.920. The summed E-state index contributed by atoms with van der Waals surface area (Å²) in [5, 5.41) is 4.74. The number of halogens is 1. The summed E-state index contributed by atoms with van der Waals surface area (Å²) in [6, 6.07) is 11.3. The highest BCUT2D eigenvalue weighted by molar-refractivity contribution is 14.1. The predicted molar refractivity (Wildman–Crippen MR) is 92.7 cm³/mol. The van der Waals surface area contributed by atoms with Crippen molar-refractivity contribution in [1.29, 1.82) is 0 Å². The number of nitrogens with zero attached hydrogens (tertiary/aromatic N) is 2. The lowest BCUT2D eigenvalue weighted by atomic mass is 10.0. The highest BCUT2D eigenvalue weighted by Gasteiger charge is 2.18. The second-order valence-electron chi connectivity index (χ2n) is 5.70. The van der Waals surface area contributed by atoms with Crippen LogP contribution in [0.15, 0.2) is 36.5 Å². The summed E-state index contributed by atoms with van der Waals surface area (Å²) in [5.41, 5.74) is 5.22. The van der Waals surface area contributed by atoms with Gasteiger partial charge in [-0.1, -0.05) is 25.0 Å². The van der Waals surface area contributed by atoms with Crippen LogP contribution in [0.2, 0.25) is 0 Å². The molecule has 1 aliphatic carbocycles. The van der Waals surface area contributed by atoms with Gasteiger partial charge in [-0.3, -0.25) is 16.0 Å². The number of nitrogens with one attached hydrogen (secondary N) is 1. The number of hydrogen-bond acceptors (Lipinski definition) is 3. The van der Waals surface area contributed by atoms with Gasteiger partial charge < -0.3 is 0 Å². The van der Waals surface area contributed by atoms with E-state index in [1.54, 1.807) is 0 Å². The van der Waals surface area contributed by atoms with Crippen LogP contribution in [0.25, 0.3) is 0 Å². The first-order chi connectivity index (χ1) is 10.3. The highest BCUT2D eigenvalue weighted by Crippen LogP contribution is 2.29. The van der Waals surface area contributed by atoms with Crippen molar-refractivity contribution in [2.24, 2.45) is 5.84 Å². The molecule has 1 atom stereocenters. The standard InChI is InChI=1S/C16H21IN4/c17-13-7-5-12(6-8-13)16(19-18)11-14-9-10-21(20-14)15-3-1-2-4-15/h5-10,15-16,19H,1-4,11,18H2. The third-order valence-corrected chi connectivity index (χ3v) is 4.97. The third-order valence-electron chi connectivity index (χ3n) is 4.25. The van der Waals surface area contributed by atoms with E-state index in [2.05, 4.69) is 69.2 Å². The average Bonchev–Trinajstić information content (AvgIpc) is 3.17. The maximum atomic E-state index is 5.73. The van der Waals surface area contributed by atoms with Gasteiger partial charge in [-0.15, -0.1) is 0 Å². The summed E-state index contributed by atoms with van der Waals surface area (Å²) in [6.07, 6.45) is 8.11. The molecule has 1 aromatic carbocycles. The summed E-state index contributed by atoms with van der Waals surface area (Å²) in [5.74, 6) is 5.73. The van der Waals surface area contributed by atoms with Crippen LogP contribution in [0.1, 0.15) is 49.0 Å². The quantitative estimate of drug-likeness (QED) is 0.463. The number of rotatable bonds is 5. The fourth-order valence-electron chi connectivity index (χ4n) is 3.04. The largest absolute Gasteiger partial charge is 0.271 e. The molecule has 0 aliphatic heterocycles. The van der Waals surface area contributed by atoms with E-state index in [4.69, 9.17) is 10.9 Å². The van der Waals surface area contributed by atoms with Crippen LogP contribution in [0.5, 0.6) is 0 Å². The molecule has 1 fully saturated rings. The average molecular weight is 396 g/mol. The van der Waals surface area contributed by atoms with Crippen molar-refractivity contribution in [3.8, 4) is 0 Å². The minimum absolute atomic E-state index is 0.105.